The van der Waals surface area contributed by atoms with Crippen LogP contribution in [-0.2, 0) is 18.3 Å². The van der Waals surface area contributed by atoms with Gasteiger partial charge in [0.25, 0.3) is 0 Å². The molecule has 0 bridgehead atoms. The number of carboxylic acid groups (broad SMARTS) is 1. The summed E-state index contributed by atoms with van der Waals surface area (Å²) in [5, 5.41) is 9.27. The van der Waals surface area contributed by atoms with Crippen LogP contribution in [-0.4, -0.2) is 20.6 Å². The van der Waals surface area contributed by atoms with Crippen molar-refractivity contribution >= 4 is 17.0 Å². The fraction of sp³-hybridized carbons (Fsp3) is 0.500. The van der Waals surface area contributed by atoms with Gasteiger partial charge in [0.1, 0.15) is 5.82 Å². The third-order valence-electron chi connectivity index (χ3n) is 3.82. The second-order valence-corrected chi connectivity index (χ2v) is 6.32. The van der Waals surface area contributed by atoms with Crippen molar-refractivity contribution in [3.8, 4) is 0 Å². The Hall–Kier alpha value is -1.84. The predicted molar refractivity (Wildman–Crippen MR) is 79.9 cm³/mol. The summed E-state index contributed by atoms with van der Waals surface area (Å²) in [5.74, 6) is 0.434. The molecule has 1 aromatic carbocycles. The van der Waals surface area contributed by atoms with Gasteiger partial charge in [-0.2, -0.15) is 0 Å². The Morgan fingerprint density at radius 3 is 2.60 bits per heavy atom. The third-order valence-corrected chi connectivity index (χ3v) is 3.82. The van der Waals surface area contributed by atoms with E-state index in [4.69, 9.17) is 0 Å². The second-order valence-electron chi connectivity index (χ2n) is 6.32. The molecular formula is C16H22N2O2. The smallest absolute Gasteiger partial charge is 0.309 e. The van der Waals surface area contributed by atoms with E-state index in [9.17, 15) is 9.90 Å². The van der Waals surface area contributed by atoms with Crippen LogP contribution in [0.15, 0.2) is 18.2 Å². The van der Waals surface area contributed by atoms with E-state index in [0.717, 1.165) is 16.9 Å². The average molecular weight is 274 g/mol. The lowest BCUT2D eigenvalue weighted by atomic mass is 9.89. The van der Waals surface area contributed by atoms with Crippen LogP contribution in [0.5, 0.6) is 0 Å². The van der Waals surface area contributed by atoms with E-state index < -0.39 is 11.4 Å². The Balaban J connectivity index is 2.55. The van der Waals surface area contributed by atoms with E-state index in [-0.39, 0.29) is 0 Å². The number of aromatic nitrogens is 2. The van der Waals surface area contributed by atoms with Crippen LogP contribution >= 0.6 is 0 Å². The lowest BCUT2D eigenvalue weighted by Crippen LogP contribution is -2.27. The molecule has 4 heteroatoms. The van der Waals surface area contributed by atoms with Crippen molar-refractivity contribution in [3.05, 3.63) is 29.6 Å². The van der Waals surface area contributed by atoms with Gasteiger partial charge in [-0.1, -0.05) is 26.0 Å². The summed E-state index contributed by atoms with van der Waals surface area (Å²) in [7, 11) is 1.97. The van der Waals surface area contributed by atoms with Crippen LogP contribution in [0.4, 0.5) is 0 Å². The average Bonchev–Trinajstić information content (AvgIpc) is 2.65. The van der Waals surface area contributed by atoms with Crippen LogP contribution < -0.4 is 0 Å². The number of carbonyl (C=O) groups is 1. The Morgan fingerprint density at radius 2 is 2.05 bits per heavy atom. The topological polar surface area (TPSA) is 55.1 Å². The molecule has 0 aliphatic heterocycles. The van der Waals surface area contributed by atoms with Crippen molar-refractivity contribution in [1.29, 1.82) is 0 Å². The Kier molecular flexibility index (Phi) is 3.59. The number of nitrogens with zero attached hydrogens (tertiary/aromatic N) is 2. The first-order chi connectivity index (χ1) is 9.24. The maximum Gasteiger partial charge on any atom is 0.309 e. The second kappa shape index (κ2) is 4.93. The normalized spacial score (nSPS) is 12.3. The number of aryl methyl sites for hydroxylation is 1. The Bertz CT molecular complexity index is 654. The van der Waals surface area contributed by atoms with Gasteiger partial charge >= 0.3 is 5.97 Å². The summed E-state index contributed by atoms with van der Waals surface area (Å²) in [6, 6.07) is 6.11. The fourth-order valence-electron chi connectivity index (χ4n) is 2.44. The largest absolute Gasteiger partial charge is 0.481 e. The molecule has 1 N–H and O–H groups in total. The first kappa shape index (κ1) is 14.6. The van der Waals surface area contributed by atoms with Crippen molar-refractivity contribution in [1.82, 2.24) is 9.55 Å². The first-order valence-electron chi connectivity index (χ1n) is 6.91. The molecule has 0 saturated carbocycles. The molecule has 1 heterocycles. The molecule has 0 amide bonds. The van der Waals surface area contributed by atoms with E-state index in [2.05, 4.69) is 24.9 Å². The number of para-hydroxylation sites is 1. The van der Waals surface area contributed by atoms with Gasteiger partial charge in [-0.05, 0) is 31.4 Å². The van der Waals surface area contributed by atoms with Gasteiger partial charge in [0, 0.05) is 13.5 Å². The van der Waals surface area contributed by atoms with Crippen LogP contribution in [0.1, 0.15) is 45.0 Å². The summed E-state index contributed by atoms with van der Waals surface area (Å²) in [5.41, 5.74) is 2.48. The zero-order valence-electron chi connectivity index (χ0n) is 12.8. The molecule has 2 aromatic rings. The molecule has 0 aliphatic rings. The van der Waals surface area contributed by atoms with Gasteiger partial charge in [0.2, 0.25) is 0 Å². The minimum absolute atomic E-state index is 0.412. The number of rotatable bonds is 4. The summed E-state index contributed by atoms with van der Waals surface area (Å²) in [6.07, 6.45) is 0.422. The SMILES string of the molecule is CC(C)c1cccc2nc(CC(C)(C)C(=O)O)n(C)c12. The predicted octanol–water partition coefficient (Wildman–Crippen LogP) is 3.35. The maximum atomic E-state index is 11.3. The molecule has 108 valence electrons. The molecule has 0 spiro atoms. The highest BCUT2D eigenvalue weighted by atomic mass is 16.4. The number of imidazole rings is 1. The minimum Gasteiger partial charge on any atom is -0.481 e. The van der Waals surface area contributed by atoms with Crippen molar-refractivity contribution in [2.75, 3.05) is 0 Å². The number of hydrogen-bond acceptors (Lipinski definition) is 2. The van der Waals surface area contributed by atoms with Gasteiger partial charge in [-0.25, -0.2) is 4.98 Å². The van der Waals surface area contributed by atoms with Gasteiger partial charge in [0.15, 0.2) is 0 Å². The molecule has 2 rings (SSSR count). The minimum atomic E-state index is -0.812. The summed E-state index contributed by atoms with van der Waals surface area (Å²) < 4.78 is 2.04. The van der Waals surface area contributed by atoms with Gasteiger partial charge < -0.3 is 9.67 Å². The Labute approximate surface area is 119 Å². The maximum absolute atomic E-state index is 11.3. The quantitative estimate of drug-likeness (QED) is 0.930. The van der Waals surface area contributed by atoms with Gasteiger partial charge in [-0.15, -0.1) is 0 Å². The lowest BCUT2D eigenvalue weighted by molar-refractivity contribution is -0.146. The first-order valence-corrected chi connectivity index (χ1v) is 6.91. The lowest BCUT2D eigenvalue weighted by Gasteiger charge is -2.18. The van der Waals surface area contributed by atoms with Crippen LogP contribution in [0.2, 0.25) is 0 Å². The molecule has 0 atom stereocenters. The summed E-state index contributed by atoms with van der Waals surface area (Å²) >= 11 is 0. The van der Waals surface area contributed by atoms with Crippen molar-refractivity contribution < 1.29 is 9.90 Å². The summed E-state index contributed by atoms with van der Waals surface area (Å²) in [4.78, 5) is 15.9. The van der Waals surface area contributed by atoms with Crippen LogP contribution in [0.3, 0.4) is 0 Å². The number of carboxylic acids is 1. The van der Waals surface area contributed by atoms with Crippen molar-refractivity contribution in [2.24, 2.45) is 12.5 Å². The molecular weight excluding hydrogens is 252 g/mol. The van der Waals surface area contributed by atoms with Crippen molar-refractivity contribution in [2.45, 2.75) is 40.0 Å². The molecule has 0 radical (unpaired) electrons. The zero-order chi connectivity index (χ0) is 15.1. The van der Waals surface area contributed by atoms with E-state index in [1.54, 1.807) is 13.8 Å². The van der Waals surface area contributed by atoms with E-state index >= 15 is 0 Å². The molecule has 0 saturated heterocycles. The van der Waals surface area contributed by atoms with Gasteiger partial charge in [-0.3, -0.25) is 4.79 Å². The molecule has 20 heavy (non-hydrogen) atoms. The zero-order valence-corrected chi connectivity index (χ0v) is 12.8. The highest BCUT2D eigenvalue weighted by Crippen LogP contribution is 2.28. The molecule has 4 nitrogen and oxygen atoms in total. The van der Waals surface area contributed by atoms with Gasteiger partial charge in [0.05, 0.1) is 16.4 Å². The standard InChI is InChI=1S/C16H22N2O2/c1-10(2)11-7-6-8-12-14(11)18(5)13(17-12)9-16(3,4)15(19)20/h6-8,10H,9H2,1-5H3,(H,19,20). The highest BCUT2D eigenvalue weighted by Gasteiger charge is 2.29. The van der Waals surface area contributed by atoms with E-state index in [0.29, 0.717) is 12.3 Å². The number of fused-ring (bicyclic) bond motifs is 1. The van der Waals surface area contributed by atoms with Crippen LogP contribution in [0, 0.1) is 5.41 Å². The van der Waals surface area contributed by atoms with Crippen molar-refractivity contribution in [3.63, 3.8) is 0 Å². The van der Waals surface area contributed by atoms with E-state index in [1.165, 1.54) is 5.56 Å². The Morgan fingerprint density at radius 1 is 1.40 bits per heavy atom. The molecule has 0 fully saturated rings. The highest BCUT2D eigenvalue weighted by molar-refractivity contribution is 5.80. The van der Waals surface area contributed by atoms with Crippen LogP contribution in [0.25, 0.3) is 11.0 Å². The summed E-state index contributed by atoms with van der Waals surface area (Å²) in [6.45, 7) is 7.78. The fourth-order valence-corrected chi connectivity index (χ4v) is 2.44. The molecule has 0 aliphatic carbocycles. The number of hydrogen-bond donors (Lipinski definition) is 1. The number of aliphatic carboxylic acids is 1. The monoisotopic (exact) mass is 274 g/mol. The van der Waals surface area contributed by atoms with E-state index in [1.807, 2.05) is 23.7 Å². The molecule has 1 aromatic heterocycles. The molecule has 0 unspecified atom stereocenters. The number of benzene rings is 1. The third kappa shape index (κ3) is 2.42.